The summed E-state index contributed by atoms with van der Waals surface area (Å²) in [6.45, 7) is 2.96. The first-order chi connectivity index (χ1) is 20.3. The van der Waals surface area contributed by atoms with Crippen LogP contribution in [0.1, 0.15) is 25.0 Å². The van der Waals surface area contributed by atoms with E-state index in [9.17, 15) is 26.3 Å². The zero-order chi connectivity index (χ0) is 31.4. The second kappa shape index (κ2) is 12.2. The largest absolute Gasteiger partial charge is 0.490 e. The Bertz CT molecular complexity index is 1420. The molecule has 4 aromatic rings. The molecule has 6 nitrogen and oxygen atoms in total. The van der Waals surface area contributed by atoms with Gasteiger partial charge in [-0.1, -0.05) is 12.1 Å². The van der Waals surface area contributed by atoms with E-state index < -0.39 is 28.9 Å². The van der Waals surface area contributed by atoms with Crippen molar-refractivity contribution in [2.75, 3.05) is 24.7 Å². The summed E-state index contributed by atoms with van der Waals surface area (Å²) < 4.78 is 112. The molecule has 4 rings (SSSR count). The molecule has 0 amide bonds. The Labute approximate surface area is 243 Å². The molecule has 0 heterocycles. The van der Waals surface area contributed by atoms with Crippen LogP contribution in [0.15, 0.2) is 84.9 Å². The topological polar surface area (TPSA) is 89.0 Å². The maximum absolute atomic E-state index is 15.0. The van der Waals surface area contributed by atoms with Crippen LogP contribution < -0.4 is 30.4 Å². The van der Waals surface area contributed by atoms with Crippen molar-refractivity contribution in [1.29, 1.82) is 0 Å². The number of ether oxygens (including phenoxy) is 4. The van der Waals surface area contributed by atoms with Gasteiger partial charge in [-0.25, -0.2) is 0 Å². The molecule has 0 spiro atoms. The van der Waals surface area contributed by atoms with Gasteiger partial charge < -0.3 is 30.4 Å². The summed E-state index contributed by atoms with van der Waals surface area (Å²) in [5.74, 6) is -0.310. The standard InChI is InChI=1S/C31H28F6N2O4/c1-3-40-27-17-19(5-15-25(27)42-23-11-7-21(38)8-12-23)29(30(32,33)34,31(35,36)37)20-6-16-26(28(18-20)41-4-2)43-24-13-9-22(39)10-14-24/h5-18H,3-4,38-39H2,1-2H3. The molecule has 43 heavy (non-hydrogen) atoms. The molecule has 0 bridgehead atoms. The third-order valence-corrected chi connectivity index (χ3v) is 6.42. The second-order valence-corrected chi connectivity index (χ2v) is 9.28. The van der Waals surface area contributed by atoms with Gasteiger partial charge in [0, 0.05) is 11.4 Å². The van der Waals surface area contributed by atoms with E-state index in [1.807, 2.05) is 0 Å². The fourth-order valence-corrected chi connectivity index (χ4v) is 4.50. The summed E-state index contributed by atoms with van der Waals surface area (Å²) in [5, 5.41) is 0. The Morgan fingerprint density at radius 1 is 0.512 bits per heavy atom. The number of nitrogen functional groups attached to an aromatic ring is 2. The van der Waals surface area contributed by atoms with Crippen molar-refractivity contribution < 1.29 is 45.3 Å². The van der Waals surface area contributed by atoms with Gasteiger partial charge in [-0.15, -0.1) is 0 Å². The molecule has 0 atom stereocenters. The molecule has 0 aromatic heterocycles. The van der Waals surface area contributed by atoms with Crippen LogP contribution in [0.3, 0.4) is 0 Å². The second-order valence-electron chi connectivity index (χ2n) is 9.28. The first-order valence-electron chi connectivity index (χ1n) is 13.0. The lowest BCUT2D eigenvalue weighted by Gasteiger charge is -2.38. The van der Waals surface area contributed by atoms with Gasteiger partial charge in [-0.05, 0) is 97.8 Å². The van der Waals surface area contributed by atoms with Gasteiger partial charge in [-0.2, -0.15) is 26.3 Å². The molecule has 228 valence electrons. The minimum absolute atomic E-state index is 0.0573. The molecular formula is C31H28F6N2O4. The van der Waals surface area contributed by atoms with E-state index >= 15 is 0 Å². The highest BCUT2D eigenvalue weighted by Crippen LogP contribution is 2.58. The third-order valence-electron chi connectivity index (χ3n) is 6.42. The van der Waals surface area contributed by atoms with Crippen molar-refractivity contribution in [2.45, 2.75) is 31.6 Å². The van der Waals surface area contributed by atoms with E-state index in [2.05, 4.69) is 0 Å². The Hall–Kier alpha value is -4.74. The molecule has 0 aliphatic rings. The molecule has 4 aromatic carbocycles. The first-order valence-corrected chi connectivity index (χ1v) is 13.0. The zero-order valence-corrected chi connectivity index (χ0v) is 23.1. The van der Waals surface area contributed by atoms with Crippen molar-refractivity contribution in [2.24, 2.45) is 0 Å². The Morgan fingerprint density at radius 2 is 0.860 bits per heavy atom. The highest BCUT2D eigenvalue weighted by atomic mass is 19.4. The van der Waals surface area contributed by atoms with E-state index in [1.165, 1.54) is 62.4 Å². The first kappa shape index (κ1) is 31.2. The lowest BCUT2D eigenvalue weighted by molar-refractivity contribution is -0.288. The predicted molar refractivity (Wildman–Crippen MR) is 150 cm³/mol. The number of hydrogen-bond acceptors (Lipinski definition) is 6. The number of alkyl halides is 6. The summed E-state index contributed by atoms with van der Waals surface area (Å²) in [7, 11) is 0. The number of hydrogen-bond donors (Lipinski definition) is 2. The van der Waals surface area contributed by atoms with Crippen LogP contribution >= 0.6 is 0 Å². The van der Waals surface area contributed by atoms with Crippen LogP contribution in [0.4, 0.5) is 37.7 Å². The molecule has 0 fully saturated rings. The smallest absolute Gasteiger partial charge is 0.411 e. The summed E-state index contributed by atoms with van der Waals surface area (Å²) >= 11 is 0. The molecule has 0 aliphatic heterocycles. The van der Waals surface area contributed by atoms with Crippen LogP contribution in [-0.4, -0.2) is 25.6 Å². The molecule has 0 aliphatic carbocycles. The number of rotatable bonds is 10. The number of nitrogens with two attached hydrogens (primary N) is 2. The van der Waals surface area contributed by atoms with E-state index in [0.29, 0.717) is 23.5 Å². The van der Waals surface area contributed by atoms with Crippen molar-refractivity contribution >= 4 is 11.4 Å². The minimum Gasteiger partial charge on any atom is -0.490 e. The maximum Gasteiger partial charge on any atom is 0.411 e. The maximum atomic E-state index is 15.0. The van der Waals surface area contributed by atoms with E-state index in [1.54, 1.807) is 0 Å². The number of benzene rings is 4. The molecular weight excluding hydrogens is 578 g/mol. The normalized spacial score (nSPS) is 12.1. The quantitative estimate of drug-likeness (QED) is 0.139. The van der Waals surface area contributed by atoms with Crippen LogP contribution in [0.25, 0.3) is 0 Å². The highest BCUT2D eigenvalue weighted by Gasteiger charge is 2.72. The number of anilines is 2. The average Bonchev–Trinajstić information content (AvgIpc) is 2.93. The molecule has 0 radical (unpaired) electrons. The molecule has 12 heteroatoms. The van der Waals surface area contributed by atoms with Crippen molar-refractivity contribution in [3.63, 3.8) is 0 Å². The van der Waals surface area contributed by atoms with Gasteiger partial charge in [0.05, 0.1) is 13.2 Å². The summed E-state index contributed by atoms with van der Waals surface area (Å²) in [5.41, 5.74) is 5.48. The van der Waals surface area contributed by atoms with Gasteiger partial charge >= 0.3 is 12.4 Å². The third kappa shape index (κ3) is 6.37. The van der Waals surface area contributed by atoms with E-state index in [4.69, 9.17) is 30.4 Å². The Balaban J connectivity index is 1.89. The van der Waals surface area contributed by atoms with E-state index in [-0.39, 0.29) is 47.7 Å². The SMILES string of the molecule is CCOc1cc(C(c2ccc(Oc3ccc(N)cc3)c(OCC)c2)(C(F)(F)F)C(F)(F)F)ccc1Oc1ccc(N)cc1. The van der Waals surface area contributed by atoms with Crippen molar-refractivity contribution in [3.05, 3.63) is 96.1 Å². The zero-order valence-electron chi connectivity index (χ0n) is 23.1. The van der Waals surface area contributed by atoms with Crippen molar-refractivity contribution in [1.82, 2.24) is 0 Å². The fraction of sp³-hybridized carbons (Fsp3) is 0.226. The lowest BCUT2D eigenvalue weighted by Crippen LogP contribution is -2.54. The summed E-state index contributed by atoms with van der Waals surface area (Å²) in [6.07, 6.45) is -11.7. The van der Waals surface area contributed by atoms with Crippen molar-refractivity contribution in [3.8, 4) is 34.5 Å². The van der Waals surface area contributed by atoms with Gasteiger partial charge in [0.15, 0.2) is 23.0 Å². The summed E-state index contributed by atoms with van der Waals surface area (Å²) in [6, 6.07) is 16.9. The van der Waals surface area contributed by atoms with Crippen LogP contribution in [0.2, 0.25) is 0 Å². The van der Waals surface area contributed by atoms with Crippen LogP contribution in [0.5, 0.6) is 34.5 Å². The fourth-order valence-electron chi connectivity index (χ4n) is 4.50. The average molecular weight is 607 g/mol. The van der Waals surface area contributed by atoms with Gasteiger partial charge in [-0.3, -0.25) is 0 Å². The highest BCUT2D eigenvalue weighted by molar-refractivity contribution is 5.56. The van der Waals surface area contributed by atoms with E-state index in [0.717, 1.165) is 24.3 Å². The van der Waals surface area contributed by atoms with Gasteiger partial charge in [0.25, 0.3) is 0 Å². The molecule has 4 N–H and O–H groups in total. The lowest BCUT2D eigenvalue weighted by atomic mass is 9.72. The minimum atomic E-state index is -5.85. The molecule has 0 saturated heterocycles. The Kier molecular flexibility index (Phi) is 8.88. The summed E-state index contributed by atoms with van der Waals surface area (Å²) in [4.78, 5) is 0. The monoisotopic (exact) mass is 606 g/mol. The predicted octanol–water partition coefficient (Wildman–Crippen LogP) is 8.64. The van der Waals surface area contributed by atoms with Gasteiger partial charge in [0.2, 0.25) is 5.41 Å². The molecule has 0 unspecified atom stereocenters. The Morgan fingerprint density at radius 3 is 1.16 bits per heavy atom. The number of halogens is 6. The van der Waals surface area contributed by atoms with Crippen LogP contribution in [-0.2, 0) is 5.41 Å². The van der Waals surface area contributed by atoms with Gasteiger partial charge in [0.1, 0.15) is 11.5 Å². The molecule has 0 saturated carbocycles. The van der Waals surface area contributed by atoms with Crippen LogP contribution in [0, 0.1) is 0 Å².